The minimum atomic E-state index is 0.0984. The number of halogens is 1. The van der Waals surface area contributed by atoms with Crippen molar-refractivity contribution in [1.82, 2.24) is 5.32 Å². The summed E-state index contributed by atoms with van der Waals surface area (Å²) in [6, 6.07) is 5.74. The molecule has 76 valence electrons. The summed E-state index contributed by atoms with van der Waals surface area (Å²) in [4.78, 5) is 0. The first kappa shape index (κ1) is 9.96. The first-order valence-corrected chi connectivity index (χ1v) is 5.37. The summed E-state index contributed by atoms with van der Waals surface area (Å²) in [6.45, 7) is 2.19. The molecule has 1 heterocycles. The highest BCUT2D eigenvalue weighted by Gasteiger charge is 2.18. The van der Waals surface area contributed by atoms with Crippen molar-refractivity contribution in [3.63, 3.8) is 0 Å². The largest absolute Gasteiger partial charge is 0.506 e. The molecule has 1 aliphatic heterocycles. The molecule has 2 rings (SSSR count). The number of nitrogens with one attached hydrogen (secondary N) is 1. The van der Waals surface area contributed by atoms with Crippen LogP contribution in [0.25, 0.3) is 0 Å². The monoisotopic (exact) mass is 257 g/mol. The quantitative estimate of drug-likeness (QED) is 0.807. The van der Waals surface area contributed by atoms with Crippen LogP contribution >= 0.6 is 15.9 Å². The summed E-state index contributed by atoms with van der Waals surface area (Å²) in [5.41, 5.74) is 0.888. The van der Waals surface area contributed by atoms with Gasteiger partial charge in [0, 0.05) is 12.1 Å². The number of hydrogen-bond acceptors (Lipinski definition) is 3. The van der Waals surface area contributed by atoms with Crippen LogP contribution in [0.1, 0.15) is 11.6 Å². The van der Waals surface area contributed by atoms with Crippen molar-refractivity contribution in [1.29, 1.82) is 0 Å². The van der Waals surface area contributed by atoms with Crippen molar-refractivity contribution in [3.8, 4) is 5.75 Å². The predicted octanol–water partition coefficient (Wildman–Crippen LogP) is 1.82. The highest BCUT2D eigenvalue weighted by Crippen LogP contribution is 2.32. The smallest absolute Gasteiger partial charge is 0.134 e. The van der Waals surface area contributed by atoms with Crippen molar-refractivity contribution < 1.29 is 9.84 Å². The summed E-state index contributed by atoms with van der Waals surface area (Å²) in [7, 11) is 0. The van der Waals surface area contributed by atoms with E-state index < -0.39 is 0 Å². The van der Waals surface area contributed by atoms with Crippen molar-refractivity contribution in [2.24, 2.45) is 0 Å². The van der Waals surface area contributed by atoms with Crippen LogP contribution in [0.3, 0.4) is 0 Å². The minimum Gasteiger partial charge on any atom is -0.506 e. The Morgan fingerprint density at radius 1 is 1.50 bits per heavy atom. The summed E-state index contributed by atoms with van der Waals surface area (Å²) < 4.78 is 6.07. The third-order valence-electron chi connectivity index (χ3n) is 2.32. The van der Waals surface area contributed by atoms with Crippen LogP contribution in [0.4, 0.5) is 0 Å². The Labute approximate surface area is 91.2 Å². The molecule has 1 aromatic carbocycles. The second-order valence-corrected chi connectivity index (χ2v) is 4.11. The van der Waals surface area contributed by atoms with E-state index in [0.717, 1.165) is 23.2 Å². The highest BCUT2D eigenvalue weighted by atomic mass is 79.9. The van der Waals surface area contributed by atoms with E-state index in [1.807, 2.05) is 18.2 Å². The van der Waals surface area contributed by atoms with E-state index in [1.165, 1.54) is 0 Å². The molecular formula is C10H12BrNO2. The Balaban J connectivity index is 2.26. The fourth-order valence-corrected chi connectivity index (χ4v) is 1.96. The Kier molecular flexibility index (Phi) is 3.05. The molecule has 0 radical (unpaired) electrons. The third kappa shape index (κ3) is 1.92. The van der Waals surface area contributed by atoms with E-state index in [4.69, 9.17) is 4.74 Å². The zero-order chi connectivity index (χ0) is 9.97. The van der Waals surface area contributed by atoms with Gasteiger partial charge in [-0.2, -0.15) is 0 Å². The number of benzene rings is 1. The molecule has 14 heavy (non-hydrogen) atoms. The van der Waals surface area contributed by atoms with Crippen LogP contribution in [0.15, 0.2) is 22.7 Å². The molecule has 1 fully saturated rings. The van der Waals surface area contributed by atoms with Gasteiger partial charge in [-0.15, -0.1) is 0 Å². The van der Waals surface area contributed by atoms with Crippen molar-refractivity contribution >= 4 is 15.9 Å². The number of rotatable bonds is 1. The van der Waals surface area contributed by atoms with Gasteiger partial charge in [0.2, 0.25) is 0 Å². The van der Waals surface area contributed by atoms with Gasteiger partial charge in [-0.1, -0.05) is 12.1 Å². The summed E-state index contributed by atoms with van der Waals surface area (Å²) in [5.74, 6) is 0.301. The molecule has 1 aromatic rings. The molecule has 0 bridgehead atoms. The Morgan fingerprint density at radius 3 is 3.07 bits per heavy atom. The zero-order valence-electron chi connectivity index (χ0n) is 7.66. The number of phenols is 1. The van der Waals surface area contributed by atoms with Crippen LogP contribution in [-0.4, -0.2) is 24.9 Å². The van der Waals surface area contributed by atoms with Crippen LogP contribution in [0.2, 0.25) is 0 Å². The average molecular weight is 258 g/mol. The Hall–Kier alpha value is -0.580. The summed E-state index contributed by atoms with van der Waals surface area (Å²) in [6.07, 6.45) is 0. The fourth-order valence-electron chi connectivity index (χ4n) is 1.58. The zero-order valence-corrected chi connectivity index (χ0v) is 9.25. The number of ether oxygens (including phenoxy) is 1. The highest BCUT2D eigenvalue weighted by molar-refractivity contribution is 9.10. The number of hydrogen-bond donors (Lipinski definition) is 2. The second kappa shape index (κ2) is 4.29. The van der Waals surface area contributed by atoms with Gasteiger partial charge in [-0.25, -0.2) is 0 Å². The van der Waals surface area contributed by atoms with Crippen molar-refractivity contribution in [2.75, 3.05) is 19.8 Å². The van der Waals surface area contributed by atoms with E-state index in [-0.39, 0.29) is 6.04 Å². The lowest BCUT2D eigenvalue weighted by Crippen LogP contribution is -2.34. The van der Waals surface area contributed by atoms with E-state index >= 15 is 0 Å². The van der Waals surface area contributed by atoms with Crippen LogP contribution in [-0.2, 0) is 4.74 Å². The van der Waals surface area contributed by atoms with Gasteiger partial charge in [-0.3, -0.25) is 0 Å². The number of phenolic OH excluding ortho intramolecular Hbond substituents is 1. The van der Waals surface area contributed by atoms with Crippen LogP contribution in [0.5, 0.6) is 5.75 Å². The van der Waals surface area contributed by atoms with E-state index in [0.29, 0.717) is 12.4 Å². The molecular weight excluding hydrogens is 246 g/mol. The van der Waals surface area contributed by atoms with Gasteiger partial charge in [0.1, 0.15) is 5.75 Å². The molecule has 0 aromatic heterocycles. The summed E-state index contributed by atoms with van der Waals surface area (Å²) >= 11 is 3.29. The molecule has 0 amide bonds. The maximum Gasteiger partial charge on any atom is 0.134 e. The number of para-hydroxylation sites is 1. The molecule has 1 aliphatic rings. The van der Waals surface area contributed by atoms with Crippen molar-refractivity contribution in [2.45, 2.75) is 6.04 Å². The summed E-state index contributed by atoms with van der Waals surface area (Å²) in [5, 5.41) is 13.1. The van der Waals surface area contributed by atoms with Crippen molar-refractivity contribution in [3.05, 3.63) is 28.2 Å². The SMILES string of the molecule is Oc1c(Br)cccc1[C@H]1COCCN1. The molecule has 1 atom stereocenters. The Morgan fingerprint density at radius 2 is 2.36 bits per heavy atom. The molecule has 1 saturated heterocycles. The number of aromatic hydroxyl groups is 1. The lowest BCUT2D eigenvalue weighted by Gasteiger charge is -2.24. The molecule has 0 spiro atoms. The molecule has 3 nitrogen and oxygen atoms in total. The van der Waals surface area contributed by atoms with Gasteiger partial charge >= 0.3 is 0 Å². The average Bonchev–Trinajstić information content (AvgIpc) is 2.23. The van der Waals surface area contributed by atoms with E-state index in [2.05, 4.69) is 21.2 Å². The number of morpholine rings is 1. The molecule has 2 N–H and O–H groups in total. The predicted molar refractivity (Wildman–Crippen MR) is 57.4 cm³/mol. The Bertz CT molecular complexity index is 324. The maximum absolute atomic E-state index is 9.81. The first-order valence-electron chi connectivity index (χ1n) is 4.57. The third-order valence-corrected chi connectivity index (χ3v) is 2.95. The maximum atomic E-state index is 9.81. The first-order chi connectivity index (χ1) is 6.79. The normalized spacial score (nSPS) is 22.2. The second-order valence-electron chi connectivity index (χ2n) is 3.26. The molecule has 0 saturated carbocycles. The van der Waals surface area contributed by atoms with Gasteiger partial charge in [0.25, 0.3) is 0 Å². The lowest BCUT2D eigenvalue weighted by molar-refractivity contribution is 0.0760. The molecule has 0 aliphatic carbocycles. The van der Waals surface area contributed by atoms with E-state index in [9.17, 15) is 5.11 Å². The molecule has 4 heteroatoms. The van der Waals surface area contributed by atoms with Crippen LogP contribution in [0, 0.1) is 0 Å². The topological polar surface area (TPSA) is 41.5 Å². The van der Waals surface area contributed by atoms with Gasteiger partial charge < -0.3 is 15.2 Å². The standard InChI is InChI=1S/C10H12BrNO2/c11-8-3-1-2-7(10(8)13)9-6-14-5-4-12-9/h1-3,9,12-13H,4-6H2/t9-/m1/s1. The van der Waals surface area contributed by atoms with Gasteiger partial charge in [-0.05, 0) is 22.0 Å². The molecule has 0 unspecified atom stereocenters. The minimum absolute atomic E-state index is 0.0984. The lowest BCUT2D eigenvalue weighted by atomic mass is 10.1. The fraction of sp³-hybridized carbons (Fsp3) is 0.400. The van der Waals surface area contributed by atoms with E-state index in [1.54, 1.807) is 0 Å². The van der Waals surface area contributed by atoms with Crippen LogP contribution < -0.4 is 5.32 Å². The van der Waals surface area contributed by atoms with Gasteiger partial charge in [0.05, 0.1) is 23.7 Å². The van der Waals surface area contributed by atoms with Gasteiger partial charge in [0.15, 0.2) is 0 Å².